The van der Waals surface area contributed by atoms with Crippen LogP contribution in [0.15, 0.2) is 11.0 Å². The van der Waals surface area contributed by atoms with Crippen molar-refractivity contribution in [1.82, 2.24) is 9.78 Å². The van der Waals surface area contributed by atoms with E-state index in [9.17, 15) is 14.7 Å². The first kappa shape index (κ1) is 13.8. The molecule has 1 aromatic rings. The van der Waals surface area contributed by atoms with Crippen LogP contribution in [-0.2, 0) is 16.1 Å². The molecule has 0 unspecified atom stereocenters. The summed E-state index contributed by atoms with van der Waals surface area (Å²) in [7, 11) is 1.23. The Balaban J connectivity index is 2.22. The number of aromatic nitrogens is 2. The first-order valence-electron chi connectivity index (χ1n) is 5.73. The average Bonchev–Trinajstić information content (AvgIpc) is 3.18. The van der Waals surface area contributed by atoms with Gasteiger partial charge in [-0.2, -0.15) is 5.10 Å². The highest BCUT2D eigenvalue weighted by Gasteiger charge is 2.42. The van der Waals surface area contributed by atoms with Crippen molar-refractivity contribution in [2.75, 3.05) is 19.0 Å². The van der Waals surface area contributed by atoms with Crippen LogP contribution in [-0.4, -0.2) is 40.1 Å². The fraction of sp³-hybridized carbons (Fsp3) is 0.545. The summed E-state index contributed by atoms with van der Waals surface area (Å²) in [4.78, 5) is 23.0. The number of methoxy groups -OCH3 is 1. The maximum atomic E-state index is 11.9. The van der Waals surface area contributed by atoms with Gasteiger partial charge in [-0.15, -0.1) is 0 Å². The van der Waals surface area contributed by atoms with E-state index in [0.29, 0.717) is 5.69 Å². The number of rotatable bonds is 5. The van der Waals surface area contributed by atoms with Gasteiger partial charge in [0.2, 0.25) is 0 Å². The molecule has 1 saturated carbocycles. The van der Waals surface area contributed by atoms with Crippen LogP contribution in [0.1, 0.15) is 12.8 Å². The van der Waals surface area contributed by atoms with Crippen molar-refractivity contribution >= 4 is 23.3 Å². The second-order valence-corrected chi connectivity index (χ2v) is 4.85. The van der Waals surface area contributed by atoms with Gasteiger partial charge in [0.25, 0.3) is 5.56 Å². The Kier molecular flexibility index (Phi) is 3.77. The number of hydrogen-bond acceptors (Lipinski definition) is 6. The maximum Gasteiger partial charge on any atom is 0.327 e. The first-order chi connectivity index (χ1) is 9.01. The molecule has 0 aromatic carbocycles. The summed E-state index contributed by atoms with van der Waals surface area (Å²) in [6.07, 6.45) is 2.98. The predicted octanol–water partition coefficient (Wildman–Crippen LogP) is 0.00650. The molecule has 0 atom stereocenters. The third-order valence-electron chi connectivity index (χ3n) is 3.05. The molecule has 8 heteroatoms. The molecule has 2 N–H and O–H groups in total. The zero-order valence-electron chi connectivity index (χ0n) is 10.4. The fourth-order valence-corrected chi connectivity index (χ4v) is 1.80. The van der Waals surface area contributed by atoms with E-state index in [-0.39, 0.29) is 18.2 Å². The van der Waals surface area contributed by atoms with Gasteiger partial charge in [0, 0.05) is 0 Å². The molecule has 1 aliphatic rings. The normalized spacial score (nSPS) is 15.9. The molecule has 0 amide bonds. The smallest absolute Gasteiger partial charge is 0.327 e. The summed E-state index contributed by atoms with van der Waals surface area (Å²) < 4.78 is 5.39. The number of carbonyl (C=O) groups excluding carboxylic acids is 1. The number of esters is 1. The second-order valence-electron chi connectivity index (χ2n) is 4.47. The fourth-order valence-electron chi connectivity index (χ4n) is 1.61. The molecule has 0 aliphatic heterocycles. The van der Waals surface area contributed by atoms with Crippen molar-refractivity contribution in [3.05, 3.63) is 21.6 Å². The molecular formula is C11H14ClN3O4. The minimum Gasteiger partial charge on any atom is -0.468 e. The summed E-state index contributed by atoms with van der Waals surface area (Å²) in [6.45, 7) is -0.324. The molecule has 0 spiro atoms. The number of nitrogens with zero attached hydrogens (tertiary/aromatic N) is 2. The summed E-state index contributed by atoms with van der Waals surface area (Å²) in [5.74, 6) is -0.583. The van der Waals surface area contributed by atoms with E-state index in [2.05, 4.69) is 15.2 Å². The molecule has 104 valence electrons. The summed E-state index contributed by atoms with van der Waals surface area (Å²) in [5, 5.41) is 16.0. The van der Waals surface area contributed by atoms with Crippen molar-refractivity contribution in [2.45, 2.75) is 24.9 Å². The van der Waals surface area contributed by atoms with Crippen molar-refractivity contribution in [3.63, 3.8) is 0 Å². The third kappa shape index (κ3) is 2.87. The second kappa shape index (κ2) is 5.18. The van der Waals surface area contributed by atoms with Crippen LogP contribution in [0.3, 0.4) is 0 Å². The van der Waals surface area contributed by atoms with Gasteiger partial charge >= 0.3 is 5.97 Å². The lowest BCUT2D eigenvalue weighted by atomic mass is 10.3. The van der Waals surface area contributed by atoms with E-state index >= 15 is 0 Å². The number of carbonyl (C=O) groups is 1. The zero-order valence-corrected chi connectivity index (χ0v) is 11.1. The molecule has 1 heterocycles. The Bertz CT molecular complexity index is 553. The van der Waals surface area contributed by atoms with Crippen molar-refractivity contribution in [1.29, 1.82) is 0 Å². The van der Waals surface area contributed by atoms with E-state index < -0.39 is 17.1 Å². The molecule has 1 aromatic heterocycles. The molecule has 19 heavy (non-hydrogen) atoms. The van der Waals surface area contributed by atoms with Gasteiger partial charge in [0.05, 0.1) is 31.1 Å². The highest BCUT2D eigenvalue weighted by Crippen LogP contribution is 2.39. The van der Waals surface area contributed by atoms with Crippen LogP contribution in [0.4, 0.5) is 5.69 Å². The highest BCUT2D eigenvalue weighted by atomic mass is 35.5. The van der Waals surface area contributed by atoms with Gasteiger partial charge in [-0.1, -0.05) is 11.6 Å². The van der Waals surface area contributed by atoms with Gasteiger partial charge < -0.3 is 15.2 Å². The van der Waals surface area contributed by atoms with E-state index in [4.69, 9.17) is 11.6 Å². The van der Waals surface area contributed by atoms with Crippen LogP contribution in [0.25, 0.3) is 0 Å². The predicted molar refractivity (Wildman–Crippen MR) is 68.2 cm³/mol. The molecule has 0 bridgehead atoms. The average molecular weight is 288 g/mol. The SMILES string of the molecule is COC(=O)Cn1ncc(NC2(CO)CC2)c(Cl)c1=O. The highest BCUT2D eigenvalue weighted by molar-refractivity contribution is 6.33. The van der Waals surface area contributed by atoms with Crippen molar-refractivity contribution < 1.29 is 14.6 Å². The molecule has 1 fully saturated rings. The minimum atomic E-state index is -0.583. The minimum absolute atomic E-state index is 0.0332. The number of aliphatic hydroxyl groups is 1. The molecule has 0 radical (unpaired) electrons. The Morgan fingerprint density at radius 1 is 1.68 bits per heavy atom. The number of halogens is 1. The number of nitrogens with one attached hydrogen (secondary N) is 1. The zero-order chi connectivity index (χ0) is 14.0. The summed E-state index contributed by atoms with van der Waals surface area (Å²) in [6, 6.07) is 0. The van der Waals surface area contributed by atoms with Crippen LogP contribution >= 0.6 is 11.6 Å². The molecular weight excluding hydrogens is 274 g/mol. The molecule has 0 saturated heterocycles. The largest absolute Gasteiger partial charge is 0.468 e. The number of anilines is 1. The van der Waals surface area contributed by atoms with Crippen LogP contribution < -0.4 is 10.9 Å². The Labute approximate surface area is 114 Å². The monoisotopic (exact) mass is 287 g/mol. The Morgan fingerprint density at radius 2 is 2.37 bits per heavy atom. The Morgan fingerprint density at radius 3 is 2.89 bits per heavy atom. The lowest BCUT2D eigenvalue weighted by molar-refractivity contribution is -0.141. The Hall–Kier alpha value is -1.60. The van der Waals surface area contributed by atoms with Gasteiger partial charge in [0.15, 0.2) is 0 Å². The van der Waals surface area contributed by atoms with Gasteiger partial charge in [-0.25, -0.2) is 4.68 Å². The first-order valence-corrected chi connectivity index (χ1v) is 6.10. The van der Waals surface area contributed by atoms with Crippen molar-refractivity contribution in [3.8, 4) is 0 Å². The quantitative estimate of drug-likeness (QED) is 0.741. The summed E-state index contributed by atoms with van der Waals surface area (Å²) >= 11 is 5.95. The standard InChI is InChI=1S/C11H14ClN3O4/c1-19-8(17)5-15-10(18)9(12)7(4-13-15)14-11(6-16)2-3-11/h4,14,16H,2-3,5-6H2,1H3. The van der Waals surface area contributed by atoms with Gasteiger partial charge in [-0.05, 0) is 12.8 Å². The maximum absolute atomic E-state index is 11.9. The van der Waals surface area contributed by atoms with Gasteiger partial charge in [-0.3, -0.25) is 9.59 Å². The van der Waals surface area contributed by atoms with Crippen LogP contribution in [0.2, 0.25) is 5.02 Å². The topological polar surface area (TPSA) is 93.5 Å². The number of ether oxygens (including phenoxy) is 1. The molecule has 7 nitrogen and oxygen atoms in total. The van der Waals surface area contributed by atoms with Crippen LogP contribution in [0.5, 0.6) is 0 Å². The van der Waals surface area contributed by atoms with Crippen LogP contribution in [0, 0.1) is 0 Å². The van der Waals surface area contributed by atoms with E-state index in [1.54, 1.807) is 0 Å². The third-order valence-corrected chi connectivity index (χ3v) is 3.41. The molecule has 1 aliphatic carbocycles. The van der Waals surface area contributed by atoms with E-state index in [0.717, 1.165) is 17.5 Å². The number of hydrogen-bond donors (Lipinski definition) is 2. The summed E-state index contributed by atoms with van der Waals surface area (Å²) in [5.41, 5.74) is -0.614. The number of aliphatic hydroxyl groups excluding tert-OH is 1. The van der Waals surface area contributed by atoms with E-state index in [1.807, 2.05) is 0 Å². The molecule has 2 rings (SSSR count). The van der Waals surface area contributed by atoms with Gasteiger partial charge in [0.1, 0.15) is 11.6 Å². The lowest BCUT2D eigenvalue weighted by Gasteiger charge is -2.16. The lowest BCUT2D eigenvalue weighted by Crippen LogP contribution is -2.31. The van der Waals surface area contributed by atoms with E-state index in [1.165, 1.54) is 13.3 Å². The van der Waals surface area contributed by atoms with Crippen molar-refractivity contribution in [2.24, 2.45) is 0 Å².